The fourth-order valence-electron chi connectivity index (χ4n) is 4.34. The number of halogens is 1. The van der Waals surface area contributed by atoms with Gasteiger partial charge in [-0.05, 0) is 74.4 Å². The highest BCUT2D eigenvalue weighted by atomic mass is 28.4. The van der Waals surface area contributed by atoms with Gasteiger partial charge in [-0.25, -0.2) is 4.39 Å². The van der Waals surface area contributed by atoms with Crippen LogP contribution in [0, 0.1) is 17.1 Å². The SMILES string of the molecule is CC(C)(C)[Si](C)(C)OC(CCC1CCC(=O)N1CCCCCCC#N)Cc1cccc(F)c1. The lowest BCUT2D eigenvalue weighted by Crippen LogP contribution is -2.45. The number of carbonyl (C=O) groups excluding carboxylic acids is 1. The van der Waals surface area contributed by atoms with Crippen LogP contribution in [0.2, 0.25) is 18.1 Å². The Morgan fingerprint density at radius 1 is 1.24 bits per heavy atom. The summed E-state index contributed by atoms with van der Waals surface area (Å²) in [6.45, 7) is 12.1. The van der Waals surface area contributed by atoms with Crippen LogP contribution in [0.1, 0.15) is 84.1 Å². The van der Waals surface area contributed by atoms with Crippen LogP contribution in [-0.2, 0) is 15.6 Å². The molecule has 0 aliphatic carbocycles. The Morgan fingerprint density at radius 3 is 2.64 bits per heavy atom. The molecule has 1 aromatic rings. The van der Waals surface area contributed by atoms with Gasteiger partial charge in [0.1, 0.15) is 5.82 Å². The van der Waals surface area contributed by atoms with E-state index in [0.29, 0.717) is 19.3 Å². The van der Waals surface area contributed by atoms with Crippen LogP contribution in [0.25, 0.3) is 0 Å². The molecular formula is C27H43FN2O2Si. The van der Waals surface area contributed by atoms with E-state index in [4.69, 9.17) is 9.69 Å². The van der Waals surface area contributed by atoms with Crippen molar-refractivity contribution in [3.05, 3.63) is 35.6 Å². The van der Waals surface area contributed by atoms with Gasteiger partial charge in [-0.15, -0.1) is 0 Å². The lowest BCUT2D eigenvalue weighted by molar-refractivity contribution is -0.129. The molecule has 1 fully saturated rings. The summed E-state index contributed by atoms with van der Waals surface area (Å²) in [5, 5.41) is 8.77. The van der Waals surface area contributed by atoms with E-state index in [9.17, 15) is 9.18 Å². The number of nitrogens with zero attached hydrogens (tertiary/aromatic N) is 2. The van der Waals surface area contributed by atoms with Crippen LogP contribution in [-0.4, -0.2) is 37.8 Å². The maximum Gasteiger partial charge on any atom is 0.222 e. The zero-order valence-electron chi connectivity index (χ0n) is 21.3. The van der Waals surface area contributed by atoms with E-state index < -0.39 is 8.32 Å². The first-order valence-electron chi connectivity index (χ1n) is 12.6. The molecule has 1 aliphatic rings. The van der Waals surface area contributed by atoms with Crippen molar-refractivity contribution in [1.29, 1.82) is 5.26 Å². The predicted molar refractivity (Wildman–Crippen MR) is 135 cm³/mol. The van der Waals surface area contributed by atoms with Crippen molar-refractivity contribution < 1.29 is 13.6 Å². The van der Waals surface area contributed by atoms with E-state index in [2.05, 4.69) is 44.8 Å². The van der Waals surface area contributed by atoms with E-state index in [-0.39, 0.29) is 28.9 Å². The van der Waals surface area contributed by atoms with Gasteiger partial charge in [0.05, 0.1) is 6.07 Å². The molecular weight excluding hydrogens is 431 g/mol. The van der Waals surface area contributed by atoms with Gasteiger partial charge in [-0.2, -0.15) is 5.26 Å². The minimum atomic E-state index is -1.98. The Kier molecular flexibility index (Phi) is 10.6. The van der Waals surface area contributed by atoms with E-state index >= 15 is 0 Å². The van der Waals surface area contributed by atoms with Crippen LogP contribution in [0.5, 0.6) is 0 Å². The average Bonchev–Trinajstić information content (AvgIpc) is 3.07. The molecule has 2 rings (SSSR count). The average molecular weight is 475 g/mol. The van der Waals surface area contributed by atoms with E-state index in [1.165, 1.54) is 6.07 Å². The first-order chi connectivity index (χ1) is 15.5. The van der Waals surface area contributed by atoms with Crippen molar-refractivity contribution in [2.45, 2.75) is 115 Å². The quantitative estimate of drug-likeness (QED) is 0.228. The molecule has 6 heteroatoms. The fraction of sp³-hybridized carbons (Fsp3) is 0.704. The summed E-state index contributed by atoms with van der Waals surface area (Å²) in [5.74, 6) is 0.0601. The topological polar surface area (TPSA) is 53.3 Å². The minimum absolute atomic E-state index is 0.0243. The molecule has 1 amide bonds. The van der Waals surface area contributed by atoms with Crippen molar-refractivity contribution in [1.82, 2.24) is 4.90 Å². The molecule has 0 N–H and O–H groups in total. The second kappa shape index (κ2) is 12.7. The Morgan fingerprint density at radius 2 is 1.97 bits per heavy atom. The van der Waals surface area contributed by atoms with Gasteiger partial charge >= 0.3 is 0 Å². The van der Waals surface area contributed by atoms with Gasteiger partial charge in [-0.3, -0.25) is 4.79 Å². The Balaban J connectivity index is 1.99. The summed E-state index contributed by atoms with van der Waals surface area (Å²) in [4.78, 5) is 14.6. The first-order valence-corrected chi connectivity index (χ1v) is 15.5. The van der Waals surface area contributed by atoms with E-state index in [1.807, 2.05) is 6.07 Å². The highest BCUT2D eigenvalue weighted by Crippen LogP contribution is 2.38. The second-order valence-corrected chi connectivity index (χ2v) is 15.8. The van der Waals surface area contributed by atoms with Crippen molar-refractivity contribution in [2.75, 3.05) is 6.54 Å². The molecule has 33 heavy (non-hydrogen) atoms. The molecule has 1 aromatic carbocycles. The number of likely N-dealkylation sites (tertiary alicyclic amines) is 1. The van der Waals surface area contributed by atoms with Crippen LogP contribution < -0.4 is 0 Å². The lowest BCUT2D eigenvalue weighted by atomic mass is 10.0. The first kappa shape index (κ1) is 27.5. The Hall–Kier alpha value is -1.71. The number of nitriles is 1. The molecule has 0 bridgehead atoms. The summed E-state index contributed by atoms with van der Waals surface area (Å²) in [5.41, 5.74) is 0.968. The number of hydrogen-bond donors (Lipinski definition) is 0. The van der Waals surface area contributed by atoms with Crippen LogP contribution in [0.3, 0.4) is 0 Å². The minimum Gasteiger partial charge on any atom is -0.414 e. The van der Waals surface area contributed by atoms with Gasteiger partial charge < -0.3 is 9.33 Å². The van der Waals surface area contributed by atoms with Crippen molar-refractivity contribution in [2.24, 2.45) is 0 Å². The molecule has 0 spiro atoms. The van der Waals surface area contributed by atoms with Crippen LogP contribution in [0.15, 0.2) is 24.3 Å². The number of hydrogen-bond acceptors (Lipinski definition) is 3. The van der Waals surface area contributed by atoms with Gasteiger partial charge in [0, 0.05) is 31.5 Å². The lowest BCUT2D eigenvalue weighted by Gasteiger charge is -2.40. The molecule has 4 nitrogen and oxygen atoms in total. The van der Waals surface area contributed by atoms with Gasteiger partial charge in [-0.1, -0.05) is 45.7 Å². The van der Waals surface area contributed by atoms with Crippen LogP contribution >= 0.6 is 0 Å². The molecule has 0 radical (unpaired) electrons. The van der Waals surface area contributed by atoms with Crippen molar-refractivity contribution in [3.8, 4) is 6.07 Å². The maximum atomic E-state index is 13.8. The third-order valence-electron chi connectivity index (χ3n) is 7.33. The summed E-state index contributed by atoms with van der Waals surface area (Å²) < 4.78 is 20.6. The van der Waals surface area contributed by atoms with Gasteiger partial charge in [0.2, 0.25) is 5.91 Å². The van der Waals surface area contributed by atoms with Crippen LogP contribution in [0.4, 0.5) is 4.39 Å². The van der Waals surface area contributed by atoms with E-state index in [1.54, 1.807) is 12.1 Å². The monoisotopic (exact) mass is 474 g/mol. The fourth-order valence-corrected chi connectivity index (χ4v) is 5.73. The standard InChI is InChI=1S/C27H43FN2O2Si/c1-27(2,3)33(4,5)32-25(21-22-12-11-13-23(28)20-22)16-14-24-15-17-26(31)30(24)19-10-8-6-7-9-18-29/h11-13,20,24-25H,6-10,14-17,19,21H2,1-5H3. The molecule has 1 saturated heterocycles. The molecule has 0 aromatic heterocycles. The highest BCUT2D eigenvalue weighted by Gasteiger charge is 2.39. The summed E-state index contributed by atoms with van der Waals surface area (Å²) in [7, 11) is -1.98. The molecule has 1 heterocycles. The number of benzene rings is 1. The zero-order chi connectivity index (χ0) is 24.5. The Bertz CT molecular complexity index is 800. The predicted octanol–water partition coefficient (Wildman–Crippen LogP) is 7.00. The normalized spacial score (nSPS) is 17.9. The smallest absolute Gasteiger partial charge is 0.222 e. The van der Waals surface area contributed by atoms with Gasteiger partial charge in [0.15, 0.2) is 8.32 Å². The number of amides is 1. The maximum absolute atomic E-state index is 13.8. The van der Waals surface area contributed by atoms with Gasteiger partial charge in [0.25, 0.3) is 0 Å². The number of unbranched alkanes of at least 4 members (excludes halogenated alkanes) is 4. The molecule has 2 unspecified atom stereocenters. The van der Waals surface area contributed by atoms with Crippen molar-refractivity contribution >= 4 is 14.2 Å². The molecule has 2 atom stereocenters. The summed E-state index contributed by atoms with van der Waals surface area (Å²) >= 11 is 0. The molecule has 0 saturated carbocycles. The third-order valence-corrected chi connectivity index (χ3v) is 11.9. The Labute approximate surface area is 201 Å². The van der Waals surface area contributed by atoms with E-state index in [0.717, 1.165) is 57.1 Å². The zero-order valence-corrected chi connectivity index (χ0v) is 22.3. The molecule has 184 valence electrons. The third kappa shape index (κ3) is 8.86. The second-order valence-electron chi connectivity index (χ2n) is 11.0. The highest BCUT2D eigenvalue weighted by molar-refractivity contribution is 6.74. The number of rotatable bonds is 13. The van der Waals surface area contributed by atoms with Crippen molar-refractivity contribution in [3.63, 3.8) is 0 Å². The largest absolute Gasteiger partial charge is 0.414 e. The number of carbonyl (C=O) groups is 1. The molecule has 1 aliphatic heterocycles. The summed E-state index contributed by atoms with van der Waals surface area (Å²) in [6, 6.07) is 9.30. The summed E-state index contributed by atoms with van der Waals surface area (Å²) in [6.07, 6.45) is 8.75.